The van der Waals surface area contributed by atoms with E-state index < -0.39 is 0 Å². The Balaban J connectivity index is 1.55. The molecule has 1 aliphatic heterocycles. The third-order valence-electron chi connectivity index (χ3n) is 6.50. The number of benzene rings is 2. The van der Waals surface area contributed by atoms with E-state index in [2.05, 4.69) is 19.2 Å². The zero-order valence-electron chi connectivity index (χ0n) is 18.2. The van der Waals surface area contributed by atoms with E-state index in [1.54, 1.807) is 24.3 Å². The number of carbonyl (C=O) groups excluding carboxylic acids is 3. The van der Waals surface area contributed by atoms with Crippen molar-refractivity contribution in [1.29, 1.82) is 0 Å². The fourth-order valence-corrected chi connectivity index (χ4v) is 4.75. The summed E-state index contributed by atoms with van der Waals surface area (Å²) in [7, 11) is 0. The molecule has 4 rings (SSSR count). The van der Waals surface area contributed by atoms with Gasteiger partial charge in [-0.05, 0) is 60.6 Å². The highest BCUT2D eigenvalue weighted by atomic mass is 16.2. The standard InChI is InChI=1S/C26H28N2O3/c1-4-17-9-7-10-18(5-2)23(17)27-24(29)19-12-14-20(15-13-19)28-25(30)21-11-6-8-16(3)22(21)26(28)31/h6-10,12-16,21-22H,4-5,11H2,1-3H3,(H,27,29)/t16-,21+,22-/m0/s1. The summed E-state index contributed by atoms with van der Waals surface area (Å²) in [5.74, 6) is -1.02. The summed E-state index contributed by atoms with van der Waals surface area (Å²) in [4.78, 5) is 40.0. The molecule has 0 saturated carbocycles. The summed E-state index contributed by atoms with van der Waals surface area (Å²) in [6, 6.07) is 12.8. The van der Waals surface area contributed by atoms with E-state index in [-0.39, 0.29) is 35.5 Å². The number of rotatable bonds is 5. The molecular formula is C26H28N2O3. The second-order valence-corrected chi connectivity index (χ2v) is 8.33. The fourth-order valence-electron chi connectivity index (χ4n) is 4.75. The first-order valence-electron chi connectivity index (χ1n) is 11.0. The largest absolute Gasteiger partial charge is 0.321 e. The molecule has 5 heteroatoms. The number of hydrogen-bond acceptors (Lipinski definition) is 3. The van der Waals surface area contributed by atoms with Crippen LogP contribution in [-0.2, 0) is 22.4 Å². The van der Waals surface area contributed by atoms with Crippen LogP contribution in [0.2, 0.25) is 0 Å². The van der Waals surface area contributed by atoms with Gasteiger partial charge in [0.05, 0.1) is 17.5 Å². The van der Waals surface area contributed by atoms with Gasteiger partial charge in [0.2, 0.25) is 11.8 Å². The number of aryl methyl sites for hydroxylation is 2. The van der Waals surface area contributed by atoms with Gasteiger partial charge in [-0.1, -0.05) is 51.1 Å². The summed E-state index contributed by atoms with van der Waals surface area (Å²) >= 11 is 0. The molecule has 1 fully saturated rings. The van der Waals surface area contributed by atoms with Gasteiger partial charge in [0.15, 0.2) is 0 Å². The van der Waals surface area contributed by atoms with Gasteiger partial charge in [0, 0.05) is 11.3 Å². The number of amides is 3. The van der Waals surface area contributed by atoms with Crippen LogP contribution in [0, 0.1) is 17.8 Å². The zero-order chi connectivity index (χ0) is 22.1. The number of hydrogen-bond donors (Lipinski definition) is 1. The lowest BCUT2D eigenvalue weighted by atomic mass is 9.78. The van der Waals surface area contributed by atoms with E-state index in [1.807, 2.05) is 37.3 Å². The van der Waals surface area contributed by atoms with Crippen molar-refractivity contribution in [1.82, 2.24) is 0 Å². The molecule has 2 aromatic carbocycles. The predicted octanol–water partition coefficient (Wildman–Crippen LogP) is 4.77. The lowest BCUT2D eigenvalue weighted by molar-refractivity contribution is -0.122. The van der Waals surface area contributed by atoms with Gasteiger partial charge in [-0.3, -0.25) is 19.3 Å². The maximum absolute atomic E-state index is 13.0. The molecule has 5 nitrogen and oxygen atoms in total. The van der Waals surface area contributed by atoms with Crippen LogP contribution in [-0.4, -0.2) is 17.7 Å². The number of para-hydroxylation sites is 1. The van der Waals surface area contributed by atoms with Gasteiger partial charge in [-0.15, -0.1) is 0 Å². The molecule has 160 valence electrons. The highest BCUT2D eigenvalue weighted by Crippen LogP contribution is 2.40. The number of anilines is 2. The molecular weight excluding hydrogens is 388 g/mol. The van der Waals surface area contributed by atoms with Gasteiger partial charge in [0.25, 0.3) is 5.91 Å². The van der Waals surface area contributed by atoms with Crippen LogP contribution >= 0.6 is 0 Å². The maximum Gasteiger partial charge on any atom is 0.255 e. The highest BCUT2D eigenvalue weighted by Gasteiger charge is 2.50. The van der Waals surface area contributed by atoms with Crippen molar-refractivity contribution in [3.8, 4) is 0 Å². The molecule has 3 amide bonds. The van der Waals surface area contributed by atoms with E-state index >= 15 is 0 Å². The van der Waals surface area contributed by atoms with Crippen LogP contribution in [0.25, 0.3) is 0 Å². The van der Waals surface area contributed by atoms with Gasteiger partial charge < -0.3 is 5.32 Å². The fraction of sp³-hybridized carbons (Fsp3) is 0.346. The van der Waals surface area contributed by atoms with Crippen LogP contribution < -0.4 is 10.2 Å². The lowest BCUT2D eigenvalue weighted by Crippen LogP contribution is -2.31. The van der Waals surface area contributed by atoms with Crippen molar-refractivity contribution in [3.63, 3.8) is 0 Å². The topological polar surface area (TPSA) is 66.5 Å². The Kier molecular flexibility index (Phi) is 5.77. The van der Waals surface area contributed by atoms with Gasteiger partial charge >= 0.3 is 0 Å². The molecule has 1 aliphatic carbocycles. The summed E-state index contributed by atoms with van der Waals surface area (Å²) in [6.45, 7) is 6.11. The van der Waals surface area contributed by atoms with E-state index in [0.29, 0.717) is 17.7 Å². The Hall–Kier alpha value is -3.21. The number of nitrogens with zero attached hydrogens (tertiary/aromatic N) is 1. The molecule has 31 heavy (non-hydrogen) atoms. The Labute approximate surface area is 183 Å². The molecule has 0 unspecified atom stereocenters. The molecule has 0 bridgehead atoms. The van der Waals surface area contributed by atoms with Gasteiger partial charge in [0.1, 0.15) is 0 Å². The van der Waals surface area contributed by atoms with Crippen molar-refractivity contribution >= 4 is 29.1 Å². The van der Waals surface area contributed by atoms with Gasteiger partial charge in [-0.2, -0.15) is 0 Å². The Bertz CT molecular complexity index is 1030. The molecule has 3 atom stereocenters. The lowest BCUT2D eigenvalue weighted by Gasteiger charge is -2.22. The average molecular weight is 417 g/mol. The third-order valence-corrected chi connectivity index (χ3v) is 6.50. The summed E-state index contributed by atoms with van der Waals surface area (Å²) < 4.78 is 0. The summed E-state index contributed by atoms with van der Waals surface area (Å²) in [5.41, 5.74) is 4.09. The zero-order valence-corrected chi connectivity index (χ0v) is 18.2. The monoisotopic (exact) mass is 416 g/mol. The van der Waals surface area contributed by atoms with Gasteiger partial charge in [-0.25, -0.2) is 0 Å². The highest BCUT2D eigenvalue weighted by molar-refractivity contribution is 6.22. The summed E-state index contributed by atoms with van der Waals surface area (Å²) in [6.07, 6.45) is 6.27. The molecule has 1 N–H and O–H groups in total. The first-order chi connectivity index (χ1) is 15.0. The molecule has 0 radical (unpaired) electrons. The first kappa shape index (κ1) is 21.0. The minimum Gasteiger partial charge on any atom is -0.321 e. The van der Waals surface area contributed by atoms with Crippen molar-refractivity contribution in [2.24, 2.45) is 17.8 Å². The summed E-state index contributed by atoms with van der Waals surface area (Å²) in [5, 5.41) is 3.06. The van der Waals surface area contributed by atoms with Crippen molar-refractivity contribution < 1.29 is 14.4 Å². The van der Waals surface area contributed by atoms with Crippen molar-refractivity contribution in [2.45, 2.75) is 40.0 Å². The van der Waals surface area contributed by atoms with Crippen LogP contribution in [0.5, 0.6) is 0 Å². The molecule has 1 heterocycles. The minimum absolute atomic E-state index is 0.0525. The SMILES string of the molecule is CCc1cccc(CC)c1NC(=O)c1ccc(N2C(=O)[C@H]3[C@@H](C)C=CC[C@H]3C2=O)cc1. The van der Waals surface area contributed by atoms with E-state index in [4.69, 9.17) is 0 Å². The predicted molar refractivity (Wildman–Crippen MR) is 122 cm³/mol. The van der Waals surface area contributed by atoms with Crippen molar-refractivity contribution in [2.75, 3.05) is 10.2 Å². The van der Waals surface area contributed by atoms with E-state index in [1.165, 1.54) is 4.90 Å². The van der Waals surface area contributed by atoms with E-state index in [0.717, 1.165) is 29.7 Å². The molecule has 1 saturated heterocycles. The number of carbonyl (C=O) groups is 3. The Morgan fingerprint density at radius 2 is 1.65 bits per heavy atom. The number of nitrogens with one attached hydrogen (secondary N) is 1. The normalized spacial score (nSPS) is 22.5. The average Bonchev–Trinajstić information content (AvgIpc) is 3.05. The van der Waals surface area contributed by atoms with Crippen LogP contribution in [0.1, 0.15) is 48.7 Å². The number of fused-ring (bicyclic) bond motifs is 1. The molecule has 2 aliphatic rings. The molecule has 0 aromatic heterocycles. The van der Waals surface area contributed by atoms with Crippen LogP contribution in [0.3, 0.4) is 0 Å². The first-order valence-corrected chi connectivity index (χ1v) is 11.0. The maximum atomic E-state index is 13.0. The third kappa shape index (κ3) is 3.69. The minimum atomic E-state index is -0.293. The molecule has 0 spiro atoms. The smallest absolute Gasteiger partial charge is 0.255 e. The van der Waals surface area contributed by atoms with Crippen molar-refractivity contribution in [3.05, 3.63) is 71.3 Å². The van der Waals surface area contributed by atoms with Crippen LogP contribution in [0.4, 0.5) is 11.4 Å². The second-order valence-electron chi connectivity index (χ2n) is 8.33. The Morgan fingerprint density at radius 1 is 1.00 bits per heavy atom. The van der Waals surface area contributed by atoms with Crippen LogP contribution in [0.15, 0.2) is 54.6 Å². The Morgan fingerprint density at radius 3 is 2.23 bits per heavy atom. The van der Waals surface area contributed by atoms with E-state index in [9.17, 15) is 14.4 Å². The quantitative estimate of drug-likeness (QED) is 0.564. The number of allylic oxidation sites excluding steroid dienone is 2. The second kappa shape index (κ2) is 8.50. The molecule has 2 aromatic rings. The number of imide groups is 1.